The fourth-order valence-corrected chi connectivity index (χ4v) is 3.90. The Morgan fingerprint density at radius 2 is 1.88 bits per heavy atom. The van der Waals surface area contributed by atoms with E-state index in [0.717, 1.165) is 22.2 Å². The molecule has 3 nitrogen and oxygen atoms in total. The third-order valence-corrected chi connectivity index (χ3v) is 5.04. The molecule has 116 valence electrons. The molecule has 5 heteroatoms. The predicted molar refractivity (Wildman–Crippen MR) is 104 cm³/mol. The summed E-state index contributed by atoms with van der Waals surface area (Å²) >= 11 is 6.72. The van der Waals surface area contributed by atoms with E-state index in [9.17, 15) is 4.79 Å². The van der Waals surface area contributed by atoms with Gasteiger partial charge < -0.3 is 0 Å². The molecular formula is C19H12N2OS2. The first-order valence-electron chi connectivity index (χ1n) is 7.40. The highest BCUT2D eigenvalue weighted by atomic mass is 32.2. The number of amides is 1. The SMILES string of the molecule is O=C1/C(=C/c2ccc3ncccc3c2)SC(=S)N1c1ccccc1. The van der Waals surface area contributed by atoms with Crippen molar-refractivity contribution in [1.82, 2.24) is 4.98 Å². The van der Waals surface area contributed by atoms with Gasteiger partial charge in [0.25, 0.3) is 5.91 Å². The molecule has 0 N–H and O–H groups in total. The van der Waals surface area contributed by atoms with Crippen LogP contribution >= 0.6 is 24.0 Å². The molecule has 1 aromatic heterocycles. The molecule has 24 heavy (non-hydrogen) atoms. The van der Waals surface area contributed by atoms with Crippen molar-refractivity contribution in [2.24, 2.45) is 0 Å². The van der Waals surface area contributed by atoms with Crippen molar-refractivity contribution in [3.8, 4) is 0 Å². The van der Waals surface area contributed by atoms with Gasteiger partial charge in [0.15, 0.2) is 4.32 Å². The van der Waals surface area contributed by atoms with E-state index in [1.807, 2.05) is 66.7 Å². The number of nitrogens with zero attached hydrogens (tertiary/aromatic N) is 2. The lowest BCUT2D eigenvalue weighted by Crippen LogP contribution is -2.27. The van der Waals surface area contributed by atoms with Crippen molar-refractivity contribution < 1.29 is 4.79 Å². The molecule has 1 amide bonds. The molecule has 0 atom stereocenters. The quantitative estimate of drug-likeness (QED) is 0.499. The van der Waals surface area contributed by atoms with Crippen molar-refractivity contribution >= 4 is 56.9 Å². The summed E-state index contributed by atoms with van der Waals surface area (Å²) in [5.74, 6) is -0.0810. The Morgan fingerprint density at radius 1 is 1.04 bits per heavy atom. The normalized spacial score (nSPS) is 16.3. The highest BCUT2D eigenvalue weighted by molar-refractivity contribution is 8.27. The van der Waals surface area contributed by atoms with Crippen molar-refractivity contribution in [1.29, 1.82) is 0 Å². The molecule has 0 saturated carbocycles. The maximum atomic E-state index is 12.7. The first-order chi connectivity index (χ1) is 11.7. The van der Waals surface area contributed by atoms with Gasteiger partial charge in [0.2, 0.25) is 0 Å². The standard InChI is InChI=1S/C19H12N2OS2/c22-18-17(24-19(23)21(18)15-6-2-1-3-7-15)12-13-8-9-16-14(11-13)5-4-10-20-16/h1-12H/b17-12-. The molecule has 0 radical (unpaired) electrons. The van der Waals surface area contributed by atoms with Crippen LogP contribution in [0.4, 0.5) is 5.69 Å². The van der Waals surface area contributed by atoms with Gasteiger partial charge in [0.05, 0.1) is 16.1 Å². The van der Waals surface area contributed by atoms with Gasteiger partial charge in [-0.05, 0) is 42.0 Å². The lowest BCUT2D eigenvalue weighted by atomic mass is 10.1. The van der Waals surface area contributed by atoms with Gasteiger partial charge in [-0.3, -0.25) is 14.7 Å². The van der Waals surface area contributed by atoms with Gasteiger partial charge in [0, 0.05) is 11.6 Å². The molecule has 1 aliphatic heterocycles. The number of pyridine rings is 1. The number of anilines is 1. The maximum Gasteiger partial charge on any atom is 0.270 e. The molecule has 1 aliphatic rings. The van der Waals surface area contributed by atoms with E-state index < -0.39 is 0 Å². The number of aromatic nitrogens is 1. The number of thiocarbonyl (C=S) groups is 1. The number of carbonyl (C=O) groups excluding carboxylic acids is 1. The first kappa shape index (κ1) is 15.1. The average Bonchev–Trinajstić information content (AvgIpc) is 2.89. The van der Waals surface area contributed by atoms with Crippen LogP contribution in [-0.2, 0) is 4.79 Å². The minimum atomic E-state index is -0.0810. The smallest absolute Gasteiger partial charge is 0.268 e. The Kier molecular flexibility index (Phi) is 3.88. The zero-order valence-corrected chi connectivity index (χ0v) is 14.2. The van der Waals surface area contributed by atoms with Crippen LogP contribution in [0.15, 0.2) is 71.8 Å². The lowest BCUT2D eigenvalue weighted by molar-refractivity contribution is -0.113. The number of fused-ring (bicyclic) bond motifs is 1. The Labute approximate surface area is 149 Å². The summed E-state index contributed by atoms with van der Waals surface area (Å²) in [6.45, 7) is 0. The average molecular weight is 348 g/mol. The molecule has 1 fully saturated rings. The van der Waals surface area contributed by atoms with Gasteiger partial charge in [-0.1, -0.05) is 54.3 Å². The van der Waals surface area contributed by atoms with Gasteiger partial charge in [-0.15, -0.1) is 0 Å². The van der Waals surface area contributed by atoms with Crippen LogP contribution in [0.25, 0.3) is 17.0 Å². The third-order valence-electron chi connectivity index (χ3n) is 3.73. The molecule has 4 rings (SSSR count). The van der Waals surface area contributed by atoms with Gasteiger partial charge >= 0.3 is 0 Å². The van der Waals surface area contributed by atoms with E-state index in [1.54, 1.807) is 11.1 Å². The van der Waals surface area contributed by atoms with Crippen LogP contribution in [0.5, 0.6) is 0 Å². The fourth-order valence-electron chi connectivity index (χ4n) is 2.60. The maximum absolute atomic E-state index is 12.7. The topological polar surface area (TPSA) is 33.2 Å². The highest BCUT2D eigenvalue weighted by Gasteiger charge is 2.33. The van der Waals surface area contributed by atoms with Gasteiger partial charge in [-0.2, -0.15) is 0 Å². The van der Waals surface area contributed by atoms with Crippen LogP contribution in [0, 0.1) is 0 Å². The van der Waals surface area contributed by atoms with Crippen LogP contribution in [0.3, 0.4) is 0 Å². The van der Waals surface area contributed by atoms with E-state index in [2.05, 4.69) is 4.98 Å². The summed E-state index contributed by atoms with van der Waals surface area (Å²) in [4.78, 5) is 19.2. The minimum absolute atomic E-state index is 0.0810. The minimum Gasteiger partial charge on any atom is -0.268 e. The number of hydrogen-bond acceptors (Lipinski definition) is 4. The Balaban J connectivity index is 1.70. The van der Waals surface area contributed by atoms with E-state index >= 15 is 0 Å². The summed E-state index contributed by atoms with van der Waals surface area (Å²) in [6.07, 6.45) is 3.65. The van der Waals surface area contributed by atoms with Crippen molar-refractivity contribution in [2.75, 3.05) is 4.90 Å². The monoisotopic (exact) mass is 348 g/mol. The van der Waals surface area contributed by atoms with E-state index in [-0.39, 0.29) is 5.91 Å². The van der Waals surface area contributed by atoms with Crippen molar-refractivity contribution in [2.45, 2.75) is 0 Å². The zero-order valence-electron chi connectivity index (χ0n) is 12.5. The van der Waals surface area contributed by atoms with Crippen LogP contribution in [0.1, 0.15) is 5.56 Å². The number of para-hydroxylation sites is 1. The number of thioether (sulfide) groups is 1. The number of rotatable bonds is 2. The molecule has 1 saturated heterocycles. The number of hydrogen-bond donors (Lipinski definition) is 0. The summed E-state index contributed by atoms with van der Waals surface area (Å²) < 4.78 is 0.555. The van der Waals surface area contributed by atoms with Crippen molar-refractivity contribution in [3.63, 3.8) is 0 Å². The van der Waals surface area contributed by atoms with Gasteiger partial charge in [0.1, 0.15) is 0 Å². The van der Waals surface area contributed by atoms with Crippen LogP contribution in [-0.4, -0.2) is 15.2 Å². The second-order valence-electron chi connectivity index (χ2n) is 5.31. The van der Waals surface area contributed by atoms with E-state index in [0.29, 0.717) is 9.23 Å². The Bertz CT molecular complexity index is 983. The molecule has 0 spiro atoms. The van der Waals surface area contributed by atoms with E-state index in [1.165, 1.54) is 11.8 Å². The largest absolute Gasteiger partial charge is 0.270 e. The Hall–Kier alpha value is -2.50. The second-order valence-corrected chi connectivity index (χ2v) is 6.98. The number of carbonyl (C=O) groups is 1. The summed E-state index contributed by atoms with van der Waals surface area (Å²) in [6, 6.07) is 19.3. The number of benzene rings is 2. The lowest BCUT2D eigenvalue weighted by Gasteiger charge is -2.13. The van der Waals surface area contributed by atoms with Crippen molar-refractivity contribution in [3.05, 3.63) is 77.3 Å². The highest BCUT2D eigenvalue weighted by Crippen LogP contribution is 2.36. The van der Waals surface area contributed by atoms with Crippen LogP contribution < -0.4 is 4.90 Å². The zero-order chi connectivity index (χ0) is 16.5. The summed E-state index contributed by atoms with van der Waals surface area (Å²) in [5, 5.41) is 1.05. The summed E-state index contributed by atoms with van der Waals surface area (Å²) in [5.41, 5.74) is 2.70. The summed E-state index contributed by atoms with van der Waals surface area (Å²) in [7, 11) is 0. The molecule has 2 heterocycles. The second kappa shape index (κ2) is 6.19. The molecule has 3 aromatic rings. The third kappa shape index (κ3) is 2.72. The molecule has 0 aliphatic carbocycles. The van der Waals surface area contributed by atoms with E-state index in [4.69, 9.17) is 12.2 Å². The van der Waals surface area contributed by atoms with Gasteiger partial charge in [-0.25, -0.2) is 0 Å². The molecule has 2 aromatic carbocycles. The molecule has 0 unspecified atom stereocenters. The first-order valence-corrected chi connectivity index (χ1v) is 8.63. The Morgan fingerprint density at radius 3 is 2.71 bits per heavy atom. The fraction of sp³-hybridized carbons (Fsp3) is 0. The van der Waals surface area contributed by atoms with Crippen LogP contribution in [0.2, 0.25) is 0 Å². The predicted octanol–water partition coefficient (Wildman–Crippen LogP) is 4.64. The molecular weight excluding hydrogens is 336 g/mol. The molecule has 0 bridgehead atoms.